The molecule has 1 unspecified atom stereocenters. The maximum atomic E-state index is 15.3. The number of likely N-dealkylation sites (tertiary alicyclic amines) is 1. The number of rotatable bonds is 9. The number of carbonyl (C=O) groups excluding carboxylic acids is 1. The van der Waals surface area contributed by atoms with E-state index in [0.29, 0.717) is 45.8 Å². The summed E-state index contributed by atoms with van der Waals surface area (Å²) in [6, 6.07) is 13.9. The van der Waals surface area contributed by atoms with Gasteiger partial charge >= 0.3 is 6.01 Å². The zero-order valence-electron chi connectivity index (χ0n) is 24.2. The average Bonchev–Trinajstić information content (AvgIpc) is 3.67. The highest BCUT2D eigenvalue weighted by molar-refractivity contribution is 5.99. The van der Waals surface area contributed by atoms with Crippen molar-refractivity contribution in [2.24, 2.45) is 0 Å². The summed E-state index contributed by atoms with van der Waals surface area (Å²) in [6.07, 6.45) is 9.10. The number of hydrogen-bond acceptors (Lipinski definition) is 9. The predicted molar refractivity (Wildman–Crippen MR) is 165 cm³/mol. The summed E-state index contributed by atoms with van der Waals surface area (Å²) in [6.45, 7) is 7.28. The van der Waals surface area contributed by atoms with Gasteiger partial charge in [-0.05, 0) is 68.9 Å². The van der Waals surface area contributed by atoms with Gasteiger partial charge in [-0.1, -0.05) is 24.8 Å². The molecule has 0 radical (unpaired) electrons. The molecule has 2 aromatic carbocycles. The molecule has 44 heavy (non-hydrogen) atoms. The summed E-state index contributed by atoms with van der Waals surface area (Å²) in [4.78, 5) is 31.8. The van der Waals surface area contributed by atoms with Crippen LogP contribution in [0.5, 0.6) is 11.8 Å². The van der Waals surface area contributed by atoms with Crippen molar-refractivity contribution in [3.63, 3.8) is 0 Å². The predicted octanol–water partition coefficient (Wildman–Crippen LogP) is 5.78. The molecular formula is C32H30FN9O2. The van der Waals surface area contributed by atoms with Crippen molar-refractivity contribution < 1.29 is 13.9 Å². The Labute approximate surface area is 253 Å². The molecule has 12 heteroatoms. The van der Waals surface area contributed by atoms with E-state index in [1.807, 2.05) is 16.9 Å². The van der Waals surface area contributed by atoms with E-state index in [-0.39, 0.29) is 17.7 Å². The van der Waals surface area contributed by atoms with Gasteiger partial charge in [0.1, 0.15) is 0 Å². The SMILES string of the molecule is C=CC(=O)Nc1cccc(-c2nc(Nc3cnn(C4CCN(C)C4)c3)ncc2-c2ccc(Oc3nccc(C)n3)c(F)c2)c1. The van der Waals surface area contributed by atoms with Gasteiger partial charge in [-0.25, -0.2) is 24.3 Å². The lowest BCUT2D eigenvalue weighted by Gasteiger charge is -2.14. The molecule has 1 amide bonds. The highest BCUT2D eigenvalue weighted by Crippen LogP contribution is 2.35. The van der Waals surface area contributed by atoms with Crippen LogP contribution in [0.3, 0.4) is 0 Å². The van der Waals surface area contributed by atoms with E-state index >= 15 is 4.39 Å². The highest BCUT2D eigenvalue weighted by Gasteiger charge is 2.22. The quantitative estimate of drug-likeness (QED) is 0.205. The van der Waals surface area contributed by atoms with Gasteiger partial charge in [0.15, 0.2) is 11.6 Å². The van der Waals surface area contributed by atoms with Crippen molar-refractivity contribution in [1.29, 1.82) is 0 Å². The summed E-state index contributed by atoms with van der Waals surface area (Å²) in [5.41, 5.74) is 4.32. The number of likely N-dealkylation sites (N-methyl/N-ethyl adjacent to an activating group) is 1. The zero-order chi connectivity index (χ0) is 30.6. The molecule has 2 N–H and O–H groups in total. The summed E-state index contributed by atoms with van der Waals surface area (Å²) in [7, 11) is 2.10. The van der Waals surface area contributed by atoms with Crippen LogP contribution in [0.1, 0.15) is 18.2 Å². The van der Waals surface area contributed by atoms with Crippen molar-refractivity contribution >= 4 is 23.2 Å². The van der Waals surface area contributed by atoms with E-state index < -0.39 is 5.82 Å². The number of ether oxygens (including phenoxy) is 1. The second kappa shape index (κ2) is 12.4. The minimum atomic E-state index is -0.599. The fourth-order valence-electron chi connectivity index (χ4n) is 4.99. The lowest BCUT2D eigenvalue weighted by molar-refractivity contribution is -0.111. The van der Waals surface area contributed by atoms with Gasteiger partial charge in [0.05, 0.1) is 23.6 Å². The first kappa shape index (κ1) is 28.6. The number of anilines is 3. The molecule has 1 atom stereocenters. The molecule has 4 heterocycles. The third kappa shape index (κ3) is 6.45. The van der Waals surface area contributed by atoms with E-state index in [0.717, 1.165) is 25.2 Å². The van der Waals surface area contributed by atoms with E-state index in [2.05, 4.69) is 49.2 Å². The van der Waals surface area contributed by atoms with Crippen LogP contribution >= 0.6 is 0 Å². The molecule has 1 aliphatic rings. The number of nitrogens with one attached hydrogen (secondary N) is 2. The standard InChI is InChI=1S/C32H30FN9O2/c1-4-29(43)38-23-7-5-6-22(14-23)30-26(21-8-9-28(27(33)15-21)44-32-34-12-10-20(2)37-32)17-35-31(40-30)39-24-16-36-42(18-24)25-11-13-41(3)19-25/h4-10,12,14-18,25H,1,11,13,19H2,2-3H3,(H,38,43)(H,35,39,40). The average molecular weight is 592 g/mol. The third-order valence-electron chi connectivity index (χ3n) is 7.19. The molecule has 0 saturated carbocycles. The van der Waals surface area contributed by atoms with Gasteiger partial charge in [0.25, 0.3) is 0 Å². The Morgan fingerprint density at radius 3 is 2.75 bits per heavy atom. The third-order valence-corrected chi connectivity index (χ3v) is 7.19. The summed E-state index contributed by atoms with van der Waals surface area (Å²) >= 11 is 0. The van der Waals surface area contributed by atoms with Crippen LogP contribution < -0.4 is 15.4 Å². The molecule has 6 rings (SSSR count). The van der Waals surface area contributed by atoms with Crippen molar-refractivity contribution in [2.45, 2.75) is 19.4 Å². The Morgan fingerprint density at radius 1 is 1.09 bits per heavy atom. The van der Waals surface area contributed by atoms with Crippen molar-refractivity contribution in [2.75, 3.05) is 30.8 Å². The number of nitrogens with zero attached hydrogens (tertiary/aromatic N) is 7. The molecule has 5 aromatic rings. The first-order valence-electron chi connectivity index (χ1n) is 14.0. The molecule has 3 aromatic heterocycles. The van der Waals surface area contributed by atoms with Crippen LogP contribution in [0.2, 0.25) is 0 Å². The second-order valence-electron chi connectivity index (χ2n) is 10.5. The van der Waals surface area contributed by atoms with E-state index in [4.69, 9.17) is 9.72 Å². The van der Waals surface area contributed by atoms with Gasteiger partial charge < -0.3 is 20.3 Å². The molecule has 0 aliphatic carbocycles. The Morgan fingerprint density at radius 2 is 1.98 bits per heavy atom. The fraction of sp³-hybridized carbons (Fsp3) is 0.188. The van der Waals surface area contributed by atoms with Crippen LogP contribution in [0.15, 0.2) is 86.0 Å². The molecular weight excluding hydrogens is 561 g/mol. The summed E-state index contributed by atoms with van der Waals surface area (Å²) < 4.78 is 22.9. The monoisotopic (exact) mass is 591 g/mol. The molecule has 1 aliphatic heterocycles. The number of aryl methyl sites for hydroxylation is 1. The Hall–Kier alpha value is -5.49. The lowest BCUT2D eigenvalue weighted by atomic mass is 10.00. The minimum Gasteiger partial charge on any atom is -0.421 e. The maximum Gasteiger partial charge on any atom is 0.322 e. The normalized spacial score (nSPS) is 14.8. The van der Waals surface area contributed by atoms with Gasteiger partial charge in [-0.2, -0.15) is 5.10 Å². The zero-order valence-corrected chi connectivity index (χ0v) is 24.2. The number of amides is 1. The van der Waals surface area contributed by atoms with Gasteiger partial charge in [-0.3, -0.25) is 9.48 Å². The van der Waals surface area contributed by atoms with Crippen molar-refractivity contribution in [3.8, 4) is 34.1 Å². The van der Waals surface area contributed by atoms with Gasteiger partial charge in [0.2, 0.25) is 11.9 Å². The second-order valence-corrected chi connectivity index (χ2v) is 10.5. The summed E-state index contributed by atoms with van der Waals surface area (Å²) in [5.74, 6) is -0.616. The van der Waals surface area contributed by atoms with E-state index in [9.17, 15) is 4.79 Å². The Bertz CT molecular complexity index is 1840. The van der Waals surface area contributed by atoms with Crippen LogP contribution in [0, 0.1) is 12.7 Å². The number of carbonyl (C=O) groups is 1. The van der Waals surface area contributed by atoms with Gasteiger partial charge in [0, 0.05) is 47.6 Å². The molecule has 11 nitrogen and oxygen atoms in total. The summed E-state index contributed by atoms with van der Waals surface area (Å²) in [5, 5.41) is 10.6. The number of hydrogen-bond donors (Lipinski definition) is 2. The fourth-order valence-corrected chi connectivity index (χ4v) is 4.99. The highest BCUT2D eigenvalue weighted by atomic mass is 19.1. The van der Waals surface area contributed by atoms with Crippen LogP contribution in [-0.4, -0.2) is 60.7 Å². The molecule has 222 valence electrons. The topological polar surface area (TPSA) is 123 Å². The maximum absolute atomic E-state index is 15.3. The molecule has 0 spiro atoms. The smallest absolute Gasteiger partial charge is 0.322 e. The minimum absolute atomic E-state index is 0.0142. The van der Waals surface area contributed by atoms with Crippen LogP contribution in [-0.2, 0) is 4.79 Å². The molecule has 0 bridgehead atoms. The largest absolute Gasteiger partial charge is 0.421 e. The van der Waals surface area contributed by atoms with E-state index in [1.54, 1.807) is 55.8 Å². The van der Waals surface area contributed by atoms with Crippen molar-refractivity contribution in [1.82, 2.24) is 34.6 Å². The van der Waals surface area contributed by atoms with Crippen LogP contribution in [0.25, 0.3) is 22.4 Å². The number of halogens is 1. The molecule has 1 fully saturated rings. The Kier molecular flexibility index (Phi) is 8.06. The first-order valence-corrected chi connectivity index (χ1v) is 14.0. The number of aromatic nitrogens is 6. The molecule has 1 saturated heterocycles. The lowest BCUT2D eigenvalue weighted by Crippen LogP contribution is -2.16. The van der Waals surface area contributed by atoms with Crippen LogP contribution in [0.4, 0.5) is 21.7 Å². The number of benzene rings is 2. The Balaban J connectivity index is 1.34. The van der Waals surface area contributed by atoms with Gasteiger partial charge in [-0.15, -0.1) is 0 Å². The van der Waals surface area contributed by atoms with Crippen molar-refractivity contribution in [3.05, 3.63) is 97.5 Å². The van der Waals surface area contributed by atoms with E-state index in [1.165, 1.54) is 18.2 Å². The first-order chi connectivity index (χ1) is 21.3.